The minimum Gasteiger partial charge on any atom is -0.462 e. The van der Waals surface area contributed by atoms with Crippen molar-refractivity contribution < 1.29 is 24.5 Å². The largest absolute Gasteiger partial charge is 0.462 e. The van der Waals surface area contributed by atoms with Gasteiger partial charge < -0.3 is 20.3 Å². The summed E-state index contributed by atoms with van der Waals surface area (Å²) in [5.74, 6) is -0.477. The predicted molar refractivity (Wildman–Crippen MR) is 283 cm³/mol. The van der Waals surface area contributed by atoms with Gasteiger partial charge in [-0.15, -0.1) is 0 Å². The van der Waals surface area contributed by atoms with Gasteiger partial charge in [0.05, 0.1) is 25.2 Å². The van der Waals surface area contributed by atoms with Crippen molar-refractivity contribution in [1.29, 1.82) is 0 Å². The molecule has 6 heteroatoms. The molecule has 0 aromatic rings. The Balaban J connectivity index is 4.53. The number of hydrogen-bond donors (Lipinski definition) is 3. The lowest BCUT2D eigenvalue weighted by Gasteiger charge is -2.24. The summed E-state index contributed by atoms with van der Waals surface area (Å²) in [6, 6.07) is -0.704. The Morgan fingerprint density at radius 1 is 0.431 bits per heavy atom. The molecule has 6 nitrogen and oxygen atoms in total. The summed E-state index contributed by atoms with van der Waals surface area (Å²) in [4.78, 5) is 26.3. The molecular formula is C59H113NO5. The smallest absolute Gasteiger partial charge is 0.306 e. The lowest BCUT2D eigenvalue weighted by Crippen LogP contribution is -2.46. The van der Waals surface area contributed by atoms with E-state index in [0.717, 1.165) is 57.8 Å². The second-order valence-electron chi connectivity index (χ2n) is 20.0. The zero-order valence-electron chi connectivity index (χ0n) is 43.9. The molecular weight excluding hydrogens is 803 g/mol. The van der Waals surface area contributed by atoms with E-state index in [9.17, 15) is 19.8 Å². The lowest BCUT2D eigenvalue weighted by molar-refractivity contribution is -0.151. The number of hydrogen-bond acceptors (Lipinski definition) is 5. The highest BCUT2D eigenvalue weighted by Gasteiger charge is 2.24. The minimum atomic E-state index is -0.790. The van der Waals surface area contributed by atoms with Gasteiger partial charge in [-0.3, -0.25) is 9.59 Å². The summed E-state index contributed by atoms with van der Waals surface area (Å²) < 4.78 is 5.95. The first-order valence-corrected chi connectivity index (χ1v) is 29.1. The molecule has 1 amide bonds. The quantitative estimate of drug-likeness (QED) is 0.0321. The summed E-state index contributed by atoms with van der Waals surface area (Å²) >= 11 is 0. The topological polar surface area (TPSA) is 95.9 Å². The van der Waals surface area contributed by atoms with E-state index in [1.54, 1.807) is 0 Å². The number of carbonyl (C=O) groups is 2. The molecule has 3 N–H and O–H groups in total. The number of amides is 1. The number of ether oxygens (including phenoxy) is 1. The number of carbonyl (C=O) groups excluding carboxylic acids is 2. The highest BCUT2D eigenvalue weighted by Crippen LogP contribution is 2.18. The Kier molecular flexibility index (Phi) is 51.9. The first-order chi connectivity index (χ1) is 32.0. The molecule has 3 unspecified atom stereocenters. The molecule has 0 aliphatic heterocycles. The second-order valence-corrected chi connectivity index (χ2v) is 20.0. The summed E-state index contributed by atoms with van der Waals surface area (Å²) in [6.45, 7) is 6.51. The van der Waals surface area contributed by atoms with Crippen molar-refractivity contribution in [3.63, 3.8) is 0 Å². The van der Waals surface area contributed by atoms with E-state index in [0.29, 0.717) is 19.3 Å². The Bertz CT molecular complexity index is 1030. The van der Waals surface area contributed by atoms with Crippen LogP contribution in [0.5, 0.6) is 0 Å². The Morgan fingerprint density at radius 2 is 0.738 bits per heavy atom. The minimum absolute atomic E-state index is 0.0699. The SMILES string of the molecule is CCCCCCCC/C=C/CCCCCCCCCC(=O)OC(CCCCC/C=C/CCCCCCCCC)CC(=O)NC(CO)C(O)CCCCCCCCCCCCCCCCC. The molecule has 0 radical (unpaired) electrons. The van der Waals surface area contributed by atoms with E-state index < -0.39 is 18.2 Å². The number of esters is 1. The van der Waals surface area contributed by atoms with E-state index in [2.05, 4.69) is 50.4 Å². The Morgan fingerprint density at radius 3 is 1.11 bits per heavy atom. The molecule has 0 spiro atoms. The molecule has 0 aromatic carbocycles. The fraction of sp³-hybridized carbons (Fsp3) is 0.898. The lowest BCUT2D eigenvalue weighted by atomic mass is 10.0. The molecule has 0 rings (SSSR count). The van der Waals surface area contributed by atoms with Crippen LogP contribution in [0.3, 0.4) is 0 Å². The number of rotatable bonds is 53. The maximum absolute atomic E-state index is 13.3. The Hall–Kier alpha value is -1.66. The average molecular weight is 917 g/mol. The van der Waals surface area contributed by atoms with Gasteiger partial charge in [-0.2, -0.15) is 0 Å². The summed E-state index contributed by atoms with van der Waals surface area (Å²) in [5.41, 5.74) is 0. The van der Waals surface area contributed by atoms with Crippen LogP contribution >= 0.6 is 0 Å². The van der Waals surface area contributed by atoms with Gasteiger partial charge in [-0.25, -0.2) is 0 Å². The van der Waals surface area contributed by atoms with Crippen molar-refractivity contribution in [1.82, 2.24) is 5.32 Å². The number of unbranched alkanes of at least 4 members (excludes halogenated alkanes) is 37. The van der Waals surface area contributed by atoms with Gasteiger partial charge in [-0.1, -0.05) is 251 Å². The van der Waals surface area contributed by atoms with Gasteiger partial charge >= 0.3 is 5.97 Å². The number of allylic oxidation sites excluding steroid dienone is 4. The fourth-order valence-electron chi connectivity index (χ4n) is 9.07. The average Bonchev–Trinajstić information content (AvgIpc) is 3.30. The van der Waals surface area contributed by atoms with Crippen LogP contribution in [0.25, 0.3) is 0 Å². The van der Waals surface area contributed by atoms with Crippen molar-refractivity contribution in [2.45, 2.75) is 334 Å². The van der Waals surface area contributed by atoms with Crippen molar-refractivity contribution >= 4 is 11.9 Å². The molecule has 0 heterocycles. The molecule has 0 saturated heterocycles. The van der Waals surface area contributed by atoms with Crippen molar-refractivity contribution in [2.24, 2.45) is 0 Å². The summed E-state index contributed by atoms with van der Waals surface area (Å²) in [5, 5.41) is 23.9. The first-order valence-electron chi connectivity index (χ1n) is 29.1. The molecule has 0 aliphatic carbocycles. The van der Waals surface area contributed by atoms with E-state index >= 15 is 0 Å². The van der Waals surface area contributed by atoms with Crippen molar-refractivity contribution in [3.05, 3.63) is 24.3 Å². The van der Waals surface area contributed by atoms with Crippen LogP contribution in [-0.4, -0.2) is 46.9 Å². The maximum atomic E-state index is 13.3. The van der Waals surface area contributed by atoms with Gasteiger partial charge in [0, 0.05) is 6.42 Å². The van der Waals surface area contributed by atoms with Crippen LogP contribution in [0.15, 0.2) is 24.3 Å². The monoisotopic (exact) mass is 916 g/mol. The molecule has 0 aromatic heterocycles. The third kappa shape index (κ3) is 48.6. The predicted octanol–water partition coefficient (Wildman–Crippen LogP) is 17.9. The molecule has 65 heavy (non-hydrogen) atoms. The Labute approximate surface area is 405 Å². The van der Waals surface area contributed by atoms with Gasteiger partial charge in [0.15, 0.2) is 0 Å². The number of nitrogens with one attached hydrogen (secondary N) is 1. The van der Waals surface area contributed by atoms with Gasteiger partial charge in [0.1, 0.15) is 6.10 Å². The highest BCUT2D eigenvalue weighted by molar-refractivity contribution is 5.77. The van der Waals surface area contributed by atoms with Crippen LogP contribution in [0.4, 0.5) is 0 Å². The van der Waals surface area contributed by atoms with Crippen molar-refractivity contribution in [3.8, 4) is 0 Å². The zero-order chi connectivity index (χ0) is 47.4. The third-order valence-corrected chi connectivity index (χ3v) is 13.5. The van der Waals surface area contributed by atoms with Gasteiger partial charge in [0.25, 0.3) is 0 Å². The van der Waals surface area contributed by atoms with Crippen LogP contribution in [-0.2, 0) is 14.3 Å². The highest BCUT2D eigenvalue weighted by atomic mass is 16.5. The van der Waals surface area contributed by atoms with Crippen LogP contribution < -0.4 is 5.32 Å². The van der Waals surface area contributed by atoms with Crippen LogP contribution in [0, 0.1) is 0 Å². The van der Waals surface area contributed by atoms with Crippen LogP contribution in [0.1, 0.15) is 316 Å². The maximum Gasteiger partial charge on any atom is 0.306 e. The third-order valence-electron chi connectivity index (χ3n) is 13.5. The normalized spacial score (nSPS) is 13.2. The van der Waals surface area contributed by atoms with E-state index in [-0.39, 0.29) is 24.9 Å². The molecule has 0 bridgehead atoms. The molecule has 384 valence electrons. The van der Waals surface area contributed by atoms with E-state index in [1.807, 2.05) is 0 Å². The zero-order valence-corrected chi connectivity index (χ0v) is 43.9. The van der Waals surface area contributed by atoms with Crippen LogP contribution in [0.2, 0.25) is 0 Å². The molecule has 0 aliphatic rings. The summed E-state index contributed by atoms with van der Waals surface area (Å²) in [7, 11) is 0. The number of aliphatic hydroxyl groups is 2. The molecule has 3 atom stereocenters. The molecule has 0 fully saturated rings. The van der Waals surface area contributed by atoms with E-state index in [1.165, 1.54) is 212 Å². The number of aliphatic hydroxyl groups excluding tert-OH is 2. The summed E-state index contributed by atoms with van der Waals surface area (Å²) in [6.07, 6.45) is 62.4. The second kappa shape index (κ2) is 53.3. The fourth-order valence-corrected chi connectivity index (χ4v) is 9.07. The van der Waals surface area contributed by atoms with E-state index in [4.69, 9.17) is 4.74 Å². The molecule has 0 saturated carbocycles. The van der Waals surface area contributed by atoms with Crippen molar-refractivity contribution in [2.75, 3.05) is 6.61 Å². The standard InChI is InChI=1S/C59H113NO5/c1-4-7-10-13-16-19-22-25-28-29-31-34-37-40-43-46-49-52-59(64)65-55(50-47-44-41-38-35-32-27-24-21-18-15-12-9-6-3)53-58(63)60-56(54-61)57(62)51-48-45-42-39-36-33-30-26-23-20-17-14-11-8-5-2/h25,28,32,35,55-57,61-62H,4-24,26-27,29-31,33-34,36-54H2,1-3H3,(H,60,63)/b28-25+,35-32+. The van der Waals surface area contributed by atoms with Gasteiger partial charge in [0.2, 0.25) is 5.91 Å². The van der Waals surface area contributed by atoms with Gasteiger partial charge in [-0.05, 0) is 77.0 Å². The first kappa shape index (κ1) is 63.3.